The van der Waals surface area contributed by atoms with Crippen molar-refractivity contribution in [1.82, 2.24) is 0 Å². The van der Waals surface area contributed by atoms with Gasteiger partial charge in [-0.2, -0.15) is 0 Å². The minimum Gasteiger partial charge on any atom is -0.496 e. The Morgan fingerprint density at radius 1 is 1.55 bits per heavy atom. The second-order valence-electron chi connectivity index (χ2n) is 1.94. The van der Waals surface area contributed by atoms with Crippen molar-refractivity contribution in [3.8, 4) is 5.75 Å². The van der Waals surface area contributed by atoms with Crippen molar-refractivity contribution >= 4 is 51.1 Å². The molecule has 0 fully saturated rings. The summed E-state index contributed by atoms with van der Waals surface area (Å²) in [7, 11) is 1.64. The fourth-order valence-electron chi connectivity index (χ4n) is 0.698. The maximum absolute atomic E-state index is 5.10. The Morgan fingerprint density at radius 3 is 2.73 bits per heavy atom. The third kappa shape index (κ3) is 2.26. The van der Waals surface area contributed by atoms with E-state index in [4.69, 9.17) is 4.74 Å². The van der Waals surface area contributed by atoms with Crippen LogP contribution in [0.5, 0.6) is 5.75 Å². The summed E-state index contributed by atoms with van der Waals surface area (Å²) in [6.07, 6.45) is 0. The number of ether oxygens (including phenoxy) is 1. The van der Waals surface area contributed by atoms with Gasteiger partial charge in [0, 0.05) is 8.04 Å². The van der Waals surface area contributed by atoms with E-state index in [9.17, 15) is 0 Å². The van der Waals surface area contributed by atoms with Crippen LogP contribution in [0, 0.1) is 3.57 Å². The molecule has 11 heavy (non-hydrogen) atoms. The lowest BCUT2D eigenvalue weighted by molar-refractivity contribution is 0.404. The zero-order valence-corrected chi connectivity index (χ0v) is 10.4. The molecule has 0 aliphatic heterocycles. The first-order valence-electron chi connectivity index (χ1n) is 2.87. The first-order chi connectivity index (χ1) is 5.15. The summed E-state index contributed by atoms with van der Waals surface area (Å²) in [5.74, 6) is 0.798. The lowest BCUT2D eigenvalue weighted by atomic mass is 10.3. The summed E-state index contributed by atoms with van der Waals surface area (Å²) in [6, 6.07) is 3.88. The molecule has 1 aromatic carbocycles. The molecule has 4 heteroatoms. The number of benzene rings is 1. The van der Waals surface area contributed by atoms with Gasteiger partial charge in [-0.1, -0.05) is 15.9 Å². The van der Waals surface area contributed by atoms with Crippen molar-refractivity contribution in [2.45, 2.75) is 4.90 Å². The van der Waals surface area contributed by atoms with E-state index in [-0.39, 0.29) is 0 Å². The van der Waals surface area contributed by atoms with Gasteiger partial charge in [-0.3, -0.25) is 0 Å². The van der Waals surface area contributed by atoms with Crippen molar-refractivity contribution in [3.63, 3.8) is 0 Å². The maximum atomic E-state index is 5.10. The standard InChI is InChI=1S/C7H6BrIOS/c1-10-6-3-4(8)2-5(9)7(6)11/h2-3,11H,1H3. The normalized spacial score (nSPS) is 9.82. The maximum Gasteiger partial charge on any atom is 0.134 e. The second kappa shape index (κ2) is 4.00. The molecule has 0 aliphatic carbocycles. The van der Waals surface area contributed by atoms with Crippen LogP contribution in [0.2, 0.25) is 0 Å². The van der Waals surface area contributed by atoms with Gasteiger partial charge >= 0.3 is 0 Å². The Kier molecular flexibility index (Phi) is 3.52. The van der Waals surface area contributed by atoms with Crippen molar-refractivity contribution in [3.05, 3.63) is 20.2 Å². The number of rotatable bonds is 1. The Morgan fingerprint density at radius 2 is 2.18 bits per heavy atom. The van der Waals surface area contributed by atoms with Gasteiger partial charge in [0.2, 0.25) is 0 Å². The van der Waals surface area contributed by atoms with Crippen LogP contribution in [0.15, 0.2) is 21.5 Å². The minimum absolute atomic E-state index is 0.798. The third-order valence-corrected chi connectivity index (χ3v) is 3.41. The third-order valence-electron chi connectivity index (χ3n) is 1.21. The highest BCUT2D eigenvalue weighted by Gasteiger charge is 2.03. The molecular weight excluding hydrogens is 339 g/mol. The van der Waals surface area contributed by atoms with Crippen LogP contribution in [0.3, 0.4) is 0 Å². The quantitative estimate of drug-likeness (QED) is 0.607. The van der Waals surface area contributed by atoms with Crippen LogP contribution >= 0.6 is 51.1 Å². The van der Waals surface area contributed by atoms with Crippen molar-refractivity contribution in [1.29, 1.82) is 0 Å². The molecule has 0 saturated heterocycles. The Bertz CT molecular complexity index is 277. The van der Waals surface area contributed by atoms with Crippen molar-refractivity contribution in [2.75, 3.05) is 7.11 Å². The van der Waals surface area contributed by atoms with E-state index in [2.05, 4.69) is 51.1 Å². The molecule has 0 aliphatic rings. The van der Waals surface area contributed by atoms with Crippen molar-refractivity contribution in [2.24, 2.45) is 0 Å². The molecule has 0 saturated carbocycles. The lowest BCUT2D eigenvalue weighted by Crippen LogP contribution is -1.86. The van der Waals surface area contributed by atoms with E-state index >= 15 is 0 Å². The van der Waals surface area contributed by atoms with Gasteiger partial charge in [0.05, 0.1) is 12.0 Å². The number of methoxy groups -OCH3 is 1. The number of halogens is 2. The van der Waals surface area contributed by atoms with Crippen LogP contribution in [0.1, 0.15) is 0 Å². The predicted octanol–water partition coefficient (Wildman–Crippen LogP) is 3.35. The van der Waals surface area contributed by atoms with Gasteiger partial charge < -0.3 is 4.74 Å². The Hall–Kier alpha value is 0.580. The topological polar surface area (TPSA) is 9.23 Å². The molecule has 1 aromatic rings. The van der Waals surface area contributed by atoms with E-state index in [1.165, 1.54) is 0 Å². The van der Waals surface area contributed by atoms with E-state index in [1.807, 2.05) is 12.1 Å². The summed E-state index contributed by atoms with van der Waals surface area (Å²) < 4.78 is 7.19. The first-order valence-corrected chi connectivity index (χ1v) is 5.19. The molecular formula is C7H6BrIOS. The molecule has 0 unspecified atom stereocenters. The average Bonchev–Trinajstić information content (AvgIpc) is 1.96. The van der Waals surface area contributed by atoms with Gasteiger partial charge in [-0.05, 0) is 34.7 Å². The zero-order valence-electron chi connectivity index (χ0n) is 5.77. The fourth-order valence-corrected chi connectivity index (χ4v) is 2.38. The number of thiol groups is 1. The summed E-state index contributed by atoms with van der Waals surface area (Å²) in [6.45, 7) is 0. The lowest BCUT2D eigenvalue weighted by Gasteiger charge is -2.05. The SMILES string of the molecule is COc1cc(Br)cc(I)c1S. The molecule has 0 atom stereocenters. The summed E-state index contributed by atoms with van der Waals surface area (Å²) >= 11 is 9.87. The van der Waals surface area contributed by atoms with Crippen LogP contribution < -0.4 is 4.74 Å². The molecule has 0 N–H and O–H groups in total. The molecule has 0 aromatic heterocycles. The minimum atomic E-state index is 0.798. The highest BCUT2D eigenvalue weighted by atomic mass is 127. The average molecular weight is 345 g/mol. The van der Waals surface area contributed by atoms with E-state index < -0.39 is 0 Å². The van der Waals surface area contributed by atoms with E-state index in [1.54, 1.807) is 7.11 Å². The summed E-state index contributed by atoms with van der Waals surface area (Å²) in [5, 5.41) is 0. The Balaban J connectivity index is 3.24. The van der Waals surface area contributed by atoms with Gasteiger partial charge in [0.25, 0.3) is 0 Å². The van der Waals surface area contributed by atoms with E-state index in [0.717, 1.165) is 18.7 Å². The number of hydrogen-bond acceptors (Lipinski definition) is 2. The van der Waals surface area contributed by atoms with Crippen molar-refractivity contribution < 1.29 is 4.74 Å². The first kappa shape index (κ1) is 9.67. The fraction of sp³-hybridized carbons (Fsp3) is 0.143. The largest absolute Gasteiger partial charge is 0.496 e. The molecule has 0 radical (unpaired) electrons. The Labute approximate surface area is 93.2 Å². The van der Waals surface area contributed by atoms with E-state index in [0.29, 0.717) is 0 Å². The molecule has 1 nitrogen and oxygen atoms in total. The monoisotopic (exact) mass is 344 g/mol. The summed E-state index contributed by atoms with van der Waals surface area (Å²) in [4.78, 5) is 0.885. The molecule has 0 heterocycles. The molecule has 0 spiro atoms. The zero-order chi connectivity index (χ0) is 8.43. The van der Waals surface area contributed by atoms with Crippen LogP contribution in [-0.4, -0.2) is 7.11 Å². The van der Waals surface area contributed by atoms with Crippen LogP contribution in [0.4, 0.5) is 0 Å². The van der Waals surface area contributed by atoms with Gasteiger partial charge in [-0.25, -0.2) is 0 Å². The molecule has 0 amide bonds. The predicted molar refractivity (Wildman–Crippen MR) is 60.7 cm³/mol. The van der Waals surface area contributed by atoms with Gasteiger partial charge in [0.1, 0.15) is 5.75 Å². The smallest absolute Gasteiger partial charge is 0.134 e. The van der Waals surface area contributed by atoms with Gasteiger partial charge in [-0.15, -0.1) is 12.6 Å². The molecule has 0 bridgehead atoms. The highest BCUT2D eigenvalue weighted by molar-refractivity contribution is 14.1. The summed E-state index contributed by atoms with van der Waals surface area (Å²) in [5.41, 5.74) is 0. The molecule has 1 rings (SSSR count). The van der Waals surface area contributed by atoms with Crippen LogP contribution in [-0.2, 0) is 0 Å². The highest BCUT2D eigenvalue weighted by Crippen LogP contribution is 2.31. The molecule has 60 valence electrons. The number of hydrogen-bond donors (Lipinski definition) is 1. The second-order valence-corrected chi connectivity index (χ2v) is 4.46. The van der Waals surface area contributed by atoms with Gasteiger partial charge in [0.15, 0.2) is 0 Å². The van der Waals surface area contributed by atoms with Crippen LogP contribution in [0.25, 0.3) is 0 Å².